The van der Waals surface area contributed by atoms with Gasteiger partial charge < -0.3 is 15.4 Å². The van der Waals surface area contributed by atoms with E-state index < -0.39 is 50.8 Å². The van der Waals surface area contributed by atoms with Gasteiger partial charge in [0.05, 0.1) is 17.1 Å². The van der Waals surface area contributed by atoms with Crippen molar-refractivity contribution in [1.82, 2.24) is 9.62 Å². The first-order valence-electron chi connectivity index (χ1n) is 14.2. The Morgan fingerprint density at radius 1 is 0.953 bits per heavy atom. The van der Waals surface area contributed by atoms with Gasteiger partial charge in [0.25, 0.3) is 5.92 Å². The highest BCUT2D eigenvalue weighted by molar-refractivity contribution is 7.89. The van der Waals surface area contributed by atoms with Crippen LogP contribution >= 0.6 is 0 Å². The number of nitrogens with zero attached hydrogens (tertiary/aromatic N) is 1. The second-order valence-corrected chi connectivity index (χ2v) is 12.9. The van der Waals surface area contributed by atoms with Crippen LogP contribution in [0.3, 0.4) is 0 Å². The molecule has 3 N–H and O–H groups in total. The summed E-state index contributed by atoms with van der Waals surface area (Å²) in [6.07, 6.45) is 1.50. The molecule has 1 unspecified atom stereocenters. The molecular formula is C30H36F5N3O4S. The Balaban J connectivity index is 1.57. The summed E-state index contributed by atoms with van der Waals surface area (Å²) in [7, 11) is -4.66. The summed E-state index contributed by atoms with van der Waals surface area (Å²) >= 11 is 0. The van der Waals surface area contributed by atoms with Crippen molar-refractivity contribution in [3.8, 4) is 5.75 Å². The molecule has 0 spiro atoms. The Morgan fingerprint density at radius 2 is 1.53 bits per heavy atom. The monoisotopic (exact) mass is 629 g/mol. The highest BCUT2D eigenvalue weighted by Crippen LogP contribution is 2.37. The molecule has 4 rings (SSSR count). The van der Waals surface area contributed by atoms with Crippen molar-refractivity contribution in [2.24, 2.45) is 11.7 Å². The number of benzene rings is 2. The number of hydrogen-bond acceptors (Lipinski definition) is 5. The highest BCUT2D eigenvalue weighted by atomic mass is 32.2. The molecule has 1 atom stereocenters. The maximum Gasteiger partial charge on any atom is 0.416 e. The first-order chi connectivity index (χ1) is 20.2. The van der Waals surface area contributed by atoms with Crippen LogP contribution in [0.15, 0.2) is 60.0 Å². The van der Waals surface area contributed by atoms with E-state index in [9.17, 15) is 26.4 Å². The van der Waals surface area contributed by atoms with Crippen LogP contribution in [0, 0.1) is 5.92 Å². The maximum atomic E-state index is 16.0. The molecule has 2 aromatic carbocycles. The zero-order valence-corrected chi connectivity index (χ0v) is 24.4. The third kappa shape index (κ3) is 8.12. The molecular weight excluding hydrogens is 593 g/mol. The molecule has 13 heteroatoms. The molecule has 1 heterocycles. The molecule has 0 radical (unpaired) electrons. The summed E-state index contributed by atoms with van der Waals surface area (Å²) in [6, 6.07) is 5.51. The van der Waals surface area contributed by atoms with Crippen molar-refractivity contribution in [2.45, 2.75) is 74.0 Å². The number of nitrogens with one attached hydrogen (secondary N) is 1. The van der Waals surface area contributed by atoms with E-state index in [1.165, 1.54) is 30.7 Å². The number of alkyl halides is 5. The van der Waals surface area contributed by atoms with Crippen molar-refractivity contribution < 1.29 is 39.9 Å². The van der Waals surface area contributed by atoms with Crippen LogP contribution in [0.5, 0.6) is 5.75 Å². The lowest BCUT2D eigenvalue weighted by Crippen LogP contribution is -2.57. The third-order valence-electron chi connectivity index (χ3n) is 8.04. The first-order valence-corrected chi connectivity index (χ1v) is 15.7. The Kier molecular flexibility index (Phi) is 10.2. The Labute approximate surface area is 248 Å². The van der Waals surface area contributed by atoms with Gasteiger partial charge >= 0.3 is 6.18 Å². The van der Waals surface area contributed by atoms with E-state index in [1.807, 2.05) is 4.72 Å². The summed E-state index contributed by atoms with van der Waals surface area (Å²) in [4.78, 5) is 14.2. The van der Waals surface area contributed by atoms with Crippen molar-refractivity contribution >= 4 is 21.5 Å². The highest BCUT2D eigenvalue weighted by Gasteiger charge is 2.50. The third-order valence-corrected chi connectivity index (χ3v) is 9.48. The number of rotatable bonds is 10. The zero-order valence-electron chi connectivity index (χ0n) is 23.6. The Bertz CT molecular complexity index is 1370. The van der Waals surface area contributed by atoms with Crippen LogP contribution in [-0.4, -0.2) is 57.2 Å². The van der Waals surface area contributed by atoms with Gasteiger partial charge in [-0.05, 0) is 61.4 Å². The van der Waals surface area contributed by atoms with Crippen molar-refractivity contribution in [3.05, 3.63) is 66.2 Å². The van der Waals surface area contributed by atoms with Crippen LogP contribution in [0.4, 0.5) is 22.0 Å². The number of nitrogens with two attached hydrogens (primary N) is 1. The number of allylic oxidation sites excluding steroid dienone is 1. The fourth-order valence-electron chi connectivity index (χ4n) is 5.31. The molecule has 1 aliphatic heterocycles. The first kappa shape index (κ1) is 32.9. The molecule has 7 nitrogen and oxygen atoms in total. The number of ether oxygens (including phenoxy) is 1. The minimum Gasteiger partial charge on any atom is -0.493 e. The molecule has 2 fully saturated rings. The van der Waals surface area contributed by atoms with Crippen molar-refractivity contribution in [3.63, 3.8) is 0 Å². The van der Waals surface area contributed by atoms with Gasteiger partial charge in [-0.2, -0.15) is 26.7 Å². The SMILES string of the molecule is C=C(c1ccc(C(F)(F)C(NS(=O)(=O)c2ccc(OCC3CCCCC3)cc2)C(=O)N2CCC(N)CC2)cc1)C(F)(F)F. The summed E-state index contributed by atoms with van der Waals surface area (Å²) in [5.41, 5.74) is 3.37. The summed E-state index contributed by atoms with van der Waals surface area (Å²) in [6.45, 7) is 3.54. The molecule has 1 saturated carbocycles. The van der Waals surface area contributed by atoms with E-state index in [2.05, 4.69) is 6.58 Å². The minimum atomic E-state index is -4.77. The second kappa shape index (κ2) is 13.3. The van der Waals surface area contributed by atoms with Gasteiger partial charge in [-0.25, -0.2) is 8.42 Å². The lowest BCUT2D eigenvalue weighted by molar-refractivity contribution is -0.145. The van der Waals surface area contributed by atoms with E-state index >= 15 is 8.78 Å². The molecule has 236 valence electrons. The maximum absolute atomic E-state index is 16.0. The predicted octanol–water partition coefficient (Wildman–Crippen LogP) is 5.61. The van der Waals surface area contributed by atoms with Gasteiger partial charge in [-0.3, -0.25) is 4.79 Å². The molecule has 1 aliphatic carbocycles. The normalized spacial score (nSPS) is 18.3. The quantitative estimate of drug-likeness (QED) is 0.333. The molecule has 1 amide bonds. The number of sulfonamides is 1. The number of hydrogen-bond donors (Lipinski definition) is 2. The van der Waals surface area contributed by atoms with Gasteiger partial charge in [0, 0.05) is 24.7 Å². The molecule has 43 heavy (non-hydrogen) atoms. The van der Waals surface area contributed by atoms with Gasteiger partial charge in [-0.15, -0.1) is 0 Å². The van der Waals surface area contributed by atoms with Crippen LogP contribution in [-0.2, 0) is 20.7 Å². The van der Waals surface area contributed by atoms with Crippen LogP contribution < -0.4 is 15.2 Å². The molecule has 2 aliphatic rings. The number of piperidine rings is 1. The molecule has 0 aromatic heterocycles. The van der Waals surface area contributed by atoms with Gasteiger partial charge in [-0.1, -0.05) is 50.1 Å². The number of halogens is 5. The van der Waals surface area contributed by atoms with Crippen LogP contribution in [0.2, 0.25) is 0 Å². The van der Waals surface area contributed by atoms with E-state index in [0.29, 0.717) is 31.1 Å². The second-order valence-electron chi connectivity index (χ2n) is 11.2. The predicted molar refractivity (Wildman–Crippen MR) is 152 cm³/mol. The fraction of sp³-hybridized carbons (Fsp3) is 0.500. The number of amides is 1. The topological polar surface area (TPSA) is 102 Å². The Hall–Kier alpha value is -3.03. The van der Waals surface area contributed by atoms with E-state index in [4.69, 9.17) is 10.5 Å². The van der Waals surface area contributed by atoms with Crippen molar-refractivity contribution in [2.75, 3.05) is 19.7 Å². The van der Waals surface area contributed by atoms with Crippen molar-refractivity contribution in [1.29, 1.82) is 0 Å². The van der Waals surface area contributed by atoms with Crippen LogP contribution in [0.25, 0.3) is 5.57 Å². The smallest absolute Gasteiger partial charge is 0.416 e. The van der Waals surface area contributed by atoms with E-state index in [-0.39, 0.29) is 24.0 Å². The average Bonchev–Trinajstić information content (AvgIpc) is 2.99. The fourth-order valence-corrected chi connectivity index (χ4v) is 6.50. The summed E-state index contributed by atoms with van der Waals surface area (Å²) in [5.74, 6) is -4.47. The van der Waals surface area contributed by atoms with E-state index in [1.54, 1.807) is 0 Å². The minimum absolute atomic E-state index is 0.0473. The number of carbonyl (C=O) groups is 1. The molecule has 0 bridgehead atoms. The molecule has 1 saturated heterocycles. The summed E-state index contributed by atoms with van der Waals surface area (Å²) in [5, 5.41) is 0. The number of likely N-dealkylation sites (tertiary alicyclic amines) is 1. The van der Waals surface area contributed by atoms with Gasteiger partial charge in [0.15, 0.2) is 6.04 Å². The van der Waals surface area contributed by atoms with Gasteiger partial charge in [0.1, 0.15) is 5.75 Å². The lowest BCUT2D eigenvalue weighted by Gasteiger charge is -2.35. The number of carbonyl (C=O) groups excluding carboxylic acids is 1. The molecule has 2 aromatic rings. The van der Waals surface area contributed by atoms with E-state index in [0.717, 1.165) is 54.8 Å². The Morgan fingerprint density at radius 3 is 2.09 bits per heavy atom. The average molecular weight is 630 g/mol. The van der Waals surface area contributed by atoms with Crippen LogP contribution in [0.1, 0.15) is 56.1 Å². The zero-order chi connectivity index (χ0) is 31.4. The summed E-state index contributed by atoms with van der Waals surface area (Å²) < 4.78 is 105. The lowest BCUT2D eigenvalue weighted by atomic mass is 9.90. The standard InChI is InChI=1S/C30H36F5N3O4S/c1-20(30(33,34)35)22-7-9-23(10-8-22)29(31,32)27(28(39)38-17-15-24(36)16-18-38)37-43(40,41)26-13-11-25(12-14-26)42-19-21-5-3-2-4-6-21/h7-14,21,24,27,37H,1-6,15-19,36H2. The van der Waals surface area contributed by atoms with Gasteiger partial charge in [0.2, 0.25) is 15.9 Å². The largest absolute Gasteiger partial charge is 0.493 e.